The Morgan fingerprint density at radius 2 is 1.80 bits per heavy atom. The number of amides is 1. The summed E-state index contributed by atoms with van der Waals surface area (Å²) in [5, 5.41) is 0. The highest BCUT2D eigenvalue weighted by Gasteiger charge is 2.60. The van der Waals surface area contributed by atoms with Crippen LogP contribution in [0.4, 0.5) is 4.79 Å². The molecular formula is C22H19NO2. The molecule has 124 valence electrons. The third-order valence-corrected chi connectivity index (χ3v) is 6.03. The number of carbonyl (C=O) groups is 1. The summed E-state index contributed by atoms with van der Waals surface area (Å²) in [5.74, 6) is 3.45. The Labute approximate surface area is 147 Å². The van der Waals surface area contributed by atoms with Gasteiger partial charge in [-0.15, -0.1) is 6.42 Å². The lowest BCUT2D eigenvalue weighted by Gasteiger charge is -2.21. The number of terminal acetylenes is 1. The Hall–Kier alpha value is -2.73. The molecule has 1 saturated heterocycles. The summed E-state index contributed by atoms with van der Waals surface area (Å²) in [5.41, 5.74) is 4.90. The highest BCUT2D eigenvalue weighted by molar-refractivity contribution is 5.79. The third kappa shape index (κ3) is 2.10. The topological polar surface area (TPSA) is 29.5 Å². The van der Waals surface area contributed by atoms with Crippen LogP contribution in [0.15, 0.2) is 48.5 Å². The van der Waals surface area contributed by atoms with Crippen molar-refractivity contribution >= 4 is 6.09 Å². The number of rotatable bonds is 2. The fourth-order valence-corrected chi connectivity index (χ4v) is 4.53. The Morgan fingerprint density at radius 1 is 1.16 bits per heavy atom. The minimum Gasteiger partial charge on any atom is -0.448 e. The highest BCUT2D eigenvalue weighted by Crippen LogP contribution is 2.57. The Kier molecular flexibility index (Phi) is 3.00. The molecule has 2 aliphatic carbocycles. The molecule has 1 amide bonds. The second-order valence-electron chi connectivity index (χ2n) is 7.39. The van der Waals surface area contributed by atoms with Gasteiger partial charge in [0.05, 0.1) is 5.41 Å². The van der Waals surface area contributed by atoms with Crippen molar-refractivity contribution in [2.24, 2.45) is 11.3 Å². The predicted octanol–water partition coefficient (Wildman–Crippen LogP) is 3.89. The number of piperidine rings is 1. The quantitative estimate of drug-likeness (QED) is 0.782. The molecule has 3 aliphatic rings. The van der Waals surface area contributed by atoms with Gasteiger partial charge < -0.3 is 9.64 Å². The lowest BCUT2D eigenvalue weighted by Crippen LogP contribution is -2.33. The smallest absolute Gasteiger partial charge is 0.409 e. The van der Waals surface area contributed by atoms with Crippen LogP contribution in [0, 0.1) is 23.7 Å². The van der Waals surface area contributed by atoms with E-state index < -0.39 is 0 Å². The first-order valence-electron chi connectivity index (χ1n) is 8.79. The Morgan fingerprint density at radius 3 is 2.40 bits per heavy atom. The minimum atomic E-state index is -0.233. The summed E-state index contributed by atoms with van der Waals surface area (Å²) >= 11 is 0. The van der Waals surface area contributed by atoms with E-state index in [1.54, 1.807) is 4.90 Å². The number of nitrogens with zero attached hydrogens (tertiary/aromatic N) is 1. The van der Waals surface area contributed by atoms with Gasteiger partial charge in [0.1, 0.15) is 6.61 Å². The predicted molar refractivity (Wildman–Crippen MR) is 96.0 cm³/mol. The molecule has 2 aromatic carbocycles. The molecule has 0 aromatic heterocycles. The molecule has 0 N–H and O–H groups in total. The van der Waals surface area contributed by atoms with Gasteiger partial charge in [0.2, 0.25) is 0 Å². The summed E-state index contributed by atoms with van der Waals surface area (Å²) < 4.78 is 5.70. The summed E-state index contributed by atoms with van der Waals surface area (Å²) in [6, 6.07) is 16.7. The van der Waals surface area contributed by atoms with Gasteiger partial charge in [-0.05, 0) is 34.6 Å². The van der Waals surface area contributed by atoms with Crippen molar-refractivity contribution in [3.05, 3.63) is 59.7 Å². The minimum absolute atomic E-state index is 0.0639. The molecule has 1 aliphatic heterocycles. The molecule has 1 saturated carbocycles. The van der Waals surface area contributed by atoms with Crippen LogP contribution in [0.25, 0.3) is 11.1 Å². The number of hydrogen-bond acceptors (Lipinski definition) is 2. The van der Waals surface area contributed by atoms with Crippen LogP contribution in [0.1, 0.15) is 23.5 Å². The van der Waals surface area contributed by atoms with Crippen molar-refractivity contribution in [3.8, 4) is 23.5 Å². The zero-order valence-corrected chi connectivity index (χ0v) is 13.9. The van der Waals surface area contributed by atoms with Gasteiger partial charge in [0.25, 0.3) is 0 Å². The molecule has 3 heteroatoms. The fraction of sp³-hybridized carbons (Fsp3) is 0.318. The zero-order valence-electron chi connectivity index (χ0n) is 13.9. The molecule has 0 bridgehead atoms. The highest BCUT2D eigenvalue weighted by atomic mass is 16.6. The number of hydrogen-bond donors (Lipinski definition) is 0. The maximum absolute atomic E-state index is 12.5. The van der Waals surface area contributed by atoms with E-state index in [0.717, 1.165) is 13.0 Å². The SMILES string of the molecule is C#CC12CC1CN(C(=O)OCC1c3ccccc3-c3ccccc31)C2. The normalized spacial score (nSPS) is 25.7. The number of benzene rings is 2. The Balaban J connectivity index is 1.33. The van der Waals surface area contributed by atoms with E-state index in [4.69, 9.17) is 11.2 Å². The van der Waals surface area contributed by atoms with Crippen LogP contribution in [0.2, 0.25) is 0 Å². The van der Waals surface area contributed by atoms with Crippen molar-refractivity contribution in [1.29, 1.82) is 0 Å². The van der Waals surface area contributed by atoms with Crippen molar-refractivity contribution in [1.82, 2.24) is 4.90 Å². The van der Waals surface area contributed by atoms with Gasteiger partial charge in [-0.2, -0.15) is 0 Å². The number of ether oxygens (including phenoxy) is 1. The number of fused-ring (bicyclic) bond motifs is 4. The molecular weight excluding hydrogens is 310 g/mol. The van der Waals surface area contributed by atoms with Gasteiger partial charge in [0.15, 0.2) is 0 Å². The molecule has 2 unspecified atom stereocenters. The maximum atomic E-state index is 12.5. The van der Waals surface area contributed by atoms with E-state index in [2.05, 4.69) is 42.3 Å². The number of likely N-dealkylation sites (tertiary alicyclic amines) is 1. The summed E-state index contributed by atoms with van der Waals surface area (Å²) in [6.45, 7) is 1.75. The molecule has 2 fully saturated rings. The van der Waals surface area contributed by atoms with Crippen LogP contribution >= 0.6 is 0 Å². The standard InChI is InChI=1S/C22H19NO2/c1-2-22-11-15(22)12-23(14-22)21(24)25-13-20-18-9-5-3-7-16(18)17-8-4-6-10-19(17)20/h1,3-10,15,20H,11-14H2. The molecule has 2 atom stereocenters. The summed E-state index contributed by atoms with van der Waals surface area (Å²) in [4.78, 5) is 14.3. The van der Waals surface area contributed by atoms with Gasteiger partial charge in [-0.25, -0.2) is 4.79 Å². The van der Waals surface area contributed by atoms with E-state index in [0.29, 0.717) is 19.1 Å². The lowest BCUT2D eigenvalue weighted by atomic mass is 9.98. The second-order valence-corrected chi connectivity index (χ2v) is 7.39. The lowest BCUT2D eigenvalue weighted by molar-refractivity contribution is 0.103. The van der Waals surface area contributed by atoms with E-state index >= 15 is 0 Å². The van der Waals surface area contributed by atoms with Gasteiger partial charge in [-0.1, -0.05) is 54.5 Å². The van der Waals surface area contributed by atoms with Crippen LogP contribution in [-0.4, -0.2) is 30.7 Å². The average Bonchev–Trinajstić information content (AvgIpc) is 3.07. The fourth-order valence-electron chi connectivity index (χ4n) is 4.53. The second kappa shape index (κ2) is 5.13. The largest absolute Gasteiger partial charge is 0.448 e. The molecule has 0 radical (unpaired) electrons. The zero-order chi connectivity index (χ0) is 17.0. The van der Waals surface area contributed by atoms with E-state index in [-0.39, 0.29) is 17.4 Å². The maximum Gasteiger partial charge on any atom is 0.409 e. The van der Waals surface area contributed by atoms with E-state index in [9.17, 15) is 4.79 Å². The Bertz CT molecular complexity index is 867. The van der Waals surface area contributed by atoms with Crippen molar-refractivity contribution in [2.75, 3.05) is 19.7 Å². The van der Waals surface area contributed by atoms with E-state index in [1.807, 2.05) is 12.1 Å². The molecule has 25 heavy (non-hydrogen) atoms. The summed E-state index contributed by atoms with van der Waals surface area (Å²) in [7, 11) is 0. The first-order valence-corrected chi connectivity index (χ1v) is 8.79. The molecule has 2 aromatic rings. The molecule has 5 rings (SSSR count). The average molecular weight is 329 g/mol. The molecule has 0 spiro atoms. The molecule has 3 nitrogen and oxygen atoms in total. The van der Waals surface area contributed by atoms with E-state index in [1.165, 1.54) is 22.3 Å². The third-order valence-electron chi connectivity index (χ3n) is 6.03. The van der Waals surface area contributed by atoms with Crippen molar-refractivity contribution < 1.29 is 9.53 Å². The van der Waals surface area contributed by atoms with Gasteiger partial charge in [0, 0.05) is 19.0 Å². The summed E-state index contributed by atoms with van der Waals surface area (Å²) in [6.07, 6.45) is 6.44. The first-order chi connectivity index (χ1) is 12.2. The van der Waals surface area contributed by atoms with Crippen LogP contribution in [-0.2, 0) is 4.74 Å². The van der Waals surface area contributed by atoms with Gasteiger partial charge in [-0.3, -0.25) is 0 Å². The van der Waals surface area contributed by atoms with Crippen molar-refractivity contribution in [2.45, 2.75) is 12.3 Å². The number of carbonyl (C=O) groups excluding carboxylic acids is 1. The van der Waals surface area contributed by atoms with Gasteiger partial charge >= 0.3 is 6.09 Å². The molecule has 1 heterocycles. The monoisotopic (exact) mass is 329 g/mol. The van der Waals surface area contributed by atoms with Crippen LogP contribution < -0.4 is 0 Å². The van der Waals surface area contributed by atoms with Crippen LogP contribution in [0.3, 0.4) is 0 Å². The van der Waals surface area contributed by atoms with Crippen molar-refractivity contribution in [3.63, 3.8) is 0 Å². The van der Waals surface area contributed by atoms with Crippen LogP contribution in [0.5, 0.6) is 0 Å². The first kappa shape index (κ1) is 14.6.